The number of rotatable bonds is 6. The Morgan fingerprint density at radius 2 is 1.92 bits per heavy atom. The number of aryl methyl sites for hydroxylation is 1. The fourth-order valence-corrected chi connectivity index (χ4v) is 2.99. The molecular formula is C20H21ClN2O2. The Kier molecular flexibility index (Phi) is 5.39. The van der Waals surface area contributed by atoms with Crippen LogP contribution in [0.2, 0.25) is 5.02 Å². The van der Waals surface area contributed by atoms with Crippen LogP contribution >= 0.6 is 11.6 Å². The van der Waals surface area contributed by atoms with Crippen molar-refractivity contribution in [1.82, 2.24) is 9.55 Å². The summed E-state index contributed by atoms with van der Waals surface area (Å²) in [7, 11) is 0. The van der Waals surface area contributed by atoms with Crippen molar-refractivity contribution in [3.05, 3.63) is 58.9 Å². The van der Waals surface area contributed by atoms with Gasteiger partial charge in [0, 0.05) is 30.0 Å². The highest BCUT2D eigenvalue weighted by Gasteiger charge is 2.11. The van der Waals surface area contributed by atoms with E-state index in [-0.39, 0.29) is 5.97 Å². The predicted molar refractivity (Wildman–Crippen MR) is 100 cm³/mol. The van der Waals surface area contributed by atoms with Crippen molar-refractivity contribution in [2.24, 2.45) is 0 Å². The summed E-state index contributed by atoms with van der Waals surface area (Å²) in [6.07, 6.45) is 1.96. The van der Waals surface area contributed by atoms with Crippen molar-refractivity contribution >= 4 is 28.6 Å². The Bertz CT molecular complexity index is 885. The third-order valence-corrected chi connectivity index (χ3v) is 4.37. The molecule has 25 heavy (non-hydrogen) atoms. The van der Waals surface area contributed by atoms with E-state index in [0.29, 0.717) is 24.5 Å². The van der Waals surface area contributed by atoms with Crippen LogP contribution in [0.25, 0.3) is 16.7 Å². The van der Waals surface area contributed by atoms with Gasteiger partial charge in [-0.25, -0.2) is 4.98 Å². The van der Waals surface area contributed by atoms with Gasteiger partial charge >= 0.3 is 5.97 Å². The predicted octanol–water partition coefficient (Wildman–Crippen LogP) is 4.74. The lowest BCUT2D eigenvalue weighted by atomic mass is 10.1. The van der Waals surface area contributed by atoms with Crippen LogP contribution in [0.4, 0.5) is 0 Å². The number of aromatic nitrogens is 2. The van der Waals surface area contributed by atoms with E-state index in [9.17, 15) is 4.79 Å². The minimum Gasteiger partial charge on any atom is -0.465 e. The van der Waals surface area contributed by atoms with E-state index >= 15 is 0 Å². The second-order valence-corrected chi connectivity index (χ2v) is 6.28. The Morgan fingerprint density at radius 1 is 1.16 bits per heavy atom. The maximum Gasteiger partial charge on any atom is 0.305 e. The van der Waals surface area contributed by atoms with Gasteiger partial charge in [-0.2, -0.15) is 0 Å². The Hall–Kier alpha value is -2.33. The van der Waals surface area contributed by atoms with Crippen molar-refractivity contribution in [3.8, 4) is 5.69 Å². The average molecular weight is 357 g/mol. The van der Waals surface area contributed by atoms with E-state index in [1.165, 1.54) is 0 Å². The molecule has 0 saturated carbocycles. The summed E-state index contributed by atoms with van der Waals surface area (Å²) >= 11 is 6.09. The van der Waals surface area contributed by atoms with Gasteiger partial charge < -0.3 is 4.74 Å². The summed E-state index contributed by atoms with van der Waals surface area (Å²) in [6, 6.07) is 14.1. The molecule has 0 spiro atoms. The minimum absolute atomic E-state index is 0.159. The molecule has 0 unspecified atom stereocenters. The number of benzene rings is 2. The second kappa shape index (κ2) is 7.70. The molecule has 5 heteroatoms. The lowest BCUT2D eigenvalue weighted by molar-refractivity contribution is -0.143. The van der Waals surface area contributed by atoms with Gasteiger partial charge in [-0.1, -0.05) is 37.6 Å². The second-order valence-electron chi connectivity index (χ2n) is 5.84. The van der Waals surface area contributed by atoms with Gasteiger partial charge in [-0.15, -0.1) is 0 Å². The Balaban J connectivity index is 1.85. The number of halogens is 1. The van der Waals surface area contributed by atoms with Gasteiger partial charge in [0.05, 0.1) is 17.6 Å². The number of ether oxygens (including phenoxy) is 1. The molecule has 130 valence electrons. The Morgan fingerprint density at radius 3 is 2.60 bits per heavy atom. The zero-order valence-electron chi connectivity index (χ0n) is 14.5. The minimum atomic E-state index is -0.159. The van der Waals surface area contributed by atoms with Crippen LogP contribution < -0.4 is 0 Å². The number of esters is 1. The molecule has 0 aliphatic rings. The average Bonchev–Trinajstić information content (AvgIpc) is 2.99. The molecule has 0 aliphatic carbocycles. The fourth-order valence-electron chi connectivity index (χ4n) is 2.83. The molecule has 1 heterocycles. The van der Waals surface area contributed by atoms with Gasteiger partial charge in [0.25, 0.3) is 0 Å². The zero-order valence-corrected chi connectivity index (χ0v) is 15.2. The van der Waals surface area contributed by atoms with E-state index in [2.05, 4.69) is 35.8 Å². The van der Waals surface area contributed by atoms with Gasteiger partial charge in [-0.3, -0.25) is 9.36 Å². The summed E-state index contributed by atoms with van der Waals surface area (Å²) in [5, 5.41) is 0.691. The van der Waals surface area contributed by atoms with Crippen LogP contribution in [0.15, 0.2) is 42.5 Å². The summed E-state index contributed by atoms with van der Waals surface area (Å²) in [4.78, 5) is 15.9. The number of hydrogen-bond donors (Lipinski definition) is 0. The SMILES string of the molecule is CCC(=O)OCCc1ccc(-n2c(CC)nc3cc(Cl)ccc32)cc1. The van der Waals surface area contributed by atoms with Crippen LogP contribution in [-0.4, -0.2) is 22.1 Å². The number of fused-ring (bicyclic) bond motifs is 1. The molecule has 0 atom stereocenters. The summed E-state index contributed by atoms with van der Waals surface area (Å²) < 4.78 is 7.30. The molecule has 2 aromatic carbocycles. The van der Waals surface area contributed by atoms with E-state index in [4.69, 9.17) is 21.3 Å². The van der Waals surface area contributed by atoms with Gasteiger partial charge in [0.2, 0.25) is 0 Å². The van der Waals surface area contributed by atoms with E-state index < -0.39 is 0 Å². The first kappa shape index (κ1) is 17.5. The molecule has 0 bridgehead atoms. The molecule has 0 aliphatic heterocycles. The van der Waals surface area contributed by atoms with Crippen molar-refractivity contribution < 1.29 is 9.53 Å². The molecule has 0 amide bonds. The lowest BCUT2D eigenvalue weighted by Crippen LogP contribution is -2.06. The number of carbonyl (C=O) groups is 1. The highest BCUT2D eigenvalue weighted by atomic mass is 35.5. The largest absolute Gasteiger partial charge is 0.465 e. The van der Waals surface area contributed by atoms with Crippen molar-refractivity contribution in [2.45, 2.75) is 33.1 Å². The van der Waals surface area contributed by atoms with Gasteiger partial charge in [0.1, 0.15) is 5.82 Å². The molecule has 4 nitrogen and oxygen atoms in total. The number of imidazole rings is 1. The van der Waals surface area contributed by atoms with Crippen molar-refractivity contribution in [1.29, 1.82) is 0 Å². The van der Waals surface area contributed by atoms with Gasteiger partial charge in [0.15, 0.2) is 0 Å². The normalized spacial score (nSPS) is 11.0. The van der Waals surface area contributed by atoms with Crippen LogP contribution in [0.3, 0.4) is 0 Å². The molecule has 1 aromatic heterocycles. The molecule has 3 rings (SSSR count). The maximum absolute atomic E-state index is 11.2. The lowest BCUT2D eigenvalue weighted by Gasteiger charge is -2.10. The first-order valence-electron chi connectivity index (χ1n) is 8.54. The molecule has 0 saturated heterocycles. The molecule has 0 N–H and O–H groups in total. The van der Waals surface area contributed by atoms with Crippen LogP contribution in [0.5, 0.6) is 0 Å². The summed E-state index contributed by atoms with van der Waals surface area (Å²) in [5.74, 6) is 0.842. The van der Waals surface area contributed by atoms with E-state index in [1.807, 2.05) is 18.2 Å². The van der Waals surface area contributed by atoms with E-state index in [0.717, 1.165) is 34.5 Å². The third-order valence-electron chi connectivity index (χ3n) is 4.14. The monoisotopic (exact) mass is 356 g/mol. The summed E-state index contributed by atoms with van der Waals surface area (Å²) in [6.45, 7) is 4.31. The quantitative estimate of drug-likeness (QED) is 0.599. The van der Waals surface area contributed by atoms with Crippen molar-refractivity contribution in [2.75, 3.05) is 6.61 Å². The van der Waals surface area contributed by atoms with Crippen LogP contribution in [0.1, 0.15) is 31.7 Å². The molecule has 3 aromatic rings. The summed E-state index contributed by atoms with van der Waals surface area (Å²) in [5.41, 5.74) is 4.15. The highest BCUT2D eigenvalue weighted by Crippen LogP contribution is 2.25. The number of nitrogens with zero attached hydrogens (tertiary/aromatic N) is 2. The number of hydrogen-bond acceptors (Lipinski definition) is 3. The third kappa shape index (κ3) is 3.85. The highest BCUT2D eigenvalue weighted by molar-refractivity contribution is 6.31. The number of carbonyl (C=O) groups excluding carboxylic acids is 1. The van der Waals surface area contributed by atoms with Crippen LogP contribution in [0, 0.1) is 0 Å². The fraction of sp³-hybridized carbons (Fsp3) is 0.300. The first-order valence-corrected chi connectivity index (χ1v) is 8.92. The standard InChI is InChI=1S/C20H21ClN2O2/c1-3-19-22-17-13-15(21)7-10-18(17)23(19)16-8-5-14(6-9-16)11-12-25-20(24)4-2/h5-10,13H,3-4,11-12H2,1-2H3. The molecular weight excluding hydrogens is 336 g/mol. The van der Waals surface area contributed by atoms with Crippen molar-refractivity contribution in [3.63, 3.8) is 0 Å². The van der Waals surface area contributed by atoms with Crippen LogP contribution in [-0.2, 0) is 22.4 Å². The molecule has 0 radical (unpaired) electrons. The topological polar surface area (TPSA) is 44.1 Å². The first-order chi connectivity index (χ1) is 12.1. The van der Waals surface area contributed by atoms with E-state index in [1.54, 1.807) is 6.92 Å². The zero-order chi connectivity index (χ0) is 17.8. The smallest absolute Gasteiger partial charge is 0.305 e. The molecule has 0 fully saturated rings. The Labute approximate surface area is 152 Å². The van der Waals surface area contributed by atoms with Gasteiger partial charge in [-0.05, 0) is 35.9 Å². The maximum atomic E-state index is 11.2.